The van der Waals surface area contributed by atoms with Crippen LogP contribution in [0.4, 0.5) is 0 Å². The quantitative estimate of drug-likeness (QED) is 0.154. The fraction of sp³-hybridized carbons (Fsp3) is 0.510. The number of hydrogen-bond acceptors (Lipinski definition) is 13. The van der Waals surface area contributed by atoms with Crippen LogP contribution in [0.1, 0.15) is 159 Å². The summed E-state index contributed by atoms with van der Waals surface area (Å²) in [6.45, 7) is 38.3. The Kier molecular flexibility index (Phi) is 21.6. The van der Waals surface area contributed by atoms with Crippen molar-refractivity contribution in [3.05, 3.63) is 139 Å². The third-order valence-corrected chi connectivity index (χ3v) is 8.39. The number of aromatic nitrogens is 12. The first kappa shape index (κ1) is 54.3. The van der Waals surface area contributed by atoms with Crippen LogP contribution in [0.5, 0.6) is 6.01 Å². The Labute approximate surface area is 373 Å². The van der Waals surface area contributed by atoms with Crippen molar-refractivity contribution in [1.29, 1.82) is 0 Å². The van der Waals surface area contributed by atoms with E-state index in [1.165, 1.54) is 11.1 Å². The predicted molar refractivity (Wildman–Crippen MR) is 251 cm³/mol. The monoisotopic (exact) mass is 847 g/mol. The molecule has 336 valence electrons. The smallest absolute Gasteiger partial charge is 0.316 e. The predicted octanol–water partition coefficient (Wildman–Crippen LogP) is 10.7. The van der Waals surface area contributed by atoms with E-state index in [1.54, 1.807) is 63.1 Å². The third kappa shape index (κ3) is 22.8. The summed E-state index contributed by atoms with van der Waals surface area (Å²) in [6, 6.07) is 12.0. The highest BCUT2D eigenvalue weighted by atomic mass is 16.5. The van der Waals surface area contributed by atoms with Gasteiger partial charge in [-0.15, -0.1) is 0 Å². The Morgan fingerprint density at radius 1 is 0.387 bits per heavy atom. The van der Waals surface area contributed by atoms with Crippen LogP contribution in [-0.2, 0) is 32.5 Å². The maximum atomic E-state index is 4.93. The maximum Gasteiger partial charge on any atom is 0.316 e. The Morgan fingerprint density at radius 3 is 1.29 bits per heavy atom. The molecule has 0 spiro atoms. The van der Waals surface area contributed by atoms with Gasteiger partial charge in [-0.25, -0.2) is 34.9 Å². The molecule has 6 rings (SSSR count). The second-order valence-electron chi connectivity index (χ2n) is 20.5. The Bertz CT molecular complexity index is 1760. The number of ether oxygens (including phenoxy) is 1. The van der Waals surface area contributed by atoms with Crippen LogP contribution in [0.25, 0.3) is 0 Å². The third-order valence-electron chi connectivity index (χ3n) is 8.39. The Hall–Kier alpha value is -5.72. The molecule has 0 unspecified atom stereocenters. The number of hydrogen-bond donors (Lipinski definition) is 0. The van der Waals surface area contributed by atoms with Gasteiger partial charge in [0.2, 0.25) is 0 Å². The van der Waals surface area contributed by atoms with E-state index in [4.69, 9.17) is 4.74 Å². The largest absolute Gasteiger partial charge is 0.467 e. The van der Waals surface area contributed by atoms with Crippen LogP contribution < -0.4 is 4.74 Å². The van der Waals surface area contributed by atoms with Gasteiger partial charge >= 0.3 is 6.01 Å². The van der Waals surface area contributed by atoms with Crippen LogP contribution in [0.2, 0.25) is 0 Å². The maximum absolute atomic E-state index is 4.93. The van der Waals surface area contributed by atoms with Gasteiger partial charge in [-0.05, 0) is 58.4 Å². The highest BCUT2D eigenvalue weighted by Gasteiger charge is 2.18. The van der Waals surface area contributed by atoms with Gasteiger partial charge in [0.25, 0.3) is 0 Å². The molecule has 13 nitrogen and oxygen atoms in total. The van der Waals surface area contributed by atoms with Gasteiger partial charge in [-0.1, -0.05) is 125 Å². The highest BCUT2D eigenvalue weighted by molar-refractivity contribution is 5.16. The van der Waals surface area contributed by atoms with Gasteiger partial charge in [0.05, 0.1) is 24.7 Å². The summed E-state index contributed by atoms with van der Waals surface area (Å²) in [5.74, 6) is 0.898. The molecule has 62 heavy (non-hydrogen) atoms. The summed E-state index contributed by atoms with van der Waals surface area (Å²) in [5, 5.41) is 15.3. The molecule has 0 aliphatic rings. The van der Waals surface area contributed by atoms with Crippen LogP contribution in [-0.4, -0.2) is 67.4 Å². The van der Waals surface area contributed by atoms with E-state index in [-0.39, 0.29) is 32.5 Å². The van der Waals surface area contributed by atoms with E-state index in [0.29, 0.717) is 6.01 Å². The van der Waals surface area contributed by atoms with Crippen molar-refractivity contribution >= 4 is 0 Å². The highest BCUT2D eigenvalue weighted by Crippen LogP contribution is 2.22. The second-order valence-corrected chi connectivity index (χ2v) is 20.5. The number of methoxy groups -OCH3 is 1. The van der Waals surface area contributed by atoms with Crippen molar-refractivity contribution in [3.8, 4) is 6.01 Å². The Morgan fingerprint density at radius 2 is 0.952 bits per heavy atom. The zero-order valence-electron chi connectivity index (χ0n) is 41.1. The van der Waals surface area contributed by atoms with Crippen molar-refractivity contribution in [1.82, 2.24) is 60.3 Å². The van der Waals surface area contributed by atoms with E-state index < -0.39 is 0 Å². The van der Waals surface area contributed by atoms with Crippen molar-refractivity contribution in [2.45, 2.75) is 157 Å². The molecule has 0 aromatic carbocycles. The molecule has 0 bridgehead atoms. The van der Waals surface area contributed by atoms with Crippen LogP contribution in [0.3, 0.4) is 0 Å². The number of rotatable bonds is 1. The standard InChI is InChI=1S/C9H14N2O.5C8H12N2/c1-9(2,3)7-5-6-10-8(11-7)12-4;1-8(2,3)7-4-9-6-10-5-7;1-8(2,3)7-4-5-9-6-10-7;1-8(2,3)7-4-5-9-10-6-7;1-8(2,3)7-9-5-4-6-10-7;1-8(2,3)7-5-4-6-9-10-7/h5-6H,1-4H3;5*4-6H,1-3H3. The van der Waals surface area contributed by atoms with Crippen molar-refractivity contribution in [3.63, 3.8) is 0 Å². The van der Waals surface area contributed by atoms with Crippen LogP contribution in [0, 0.1) is 0 Å². The molecule has 0 fully saturated rings. The first-order valence-electron chi connectivity index (χ1n) is 20.8. The molecular weight excluding hydrogens is 773 g/mol. The first-order chi connectivity index (χ1) is 28.6. The molecule has 0 amide bonds. The van der Waals surface area contributed by atoms with E-state index in [9.17, 15) is 0 Å². The molecule has 0 radical (unpaired) electrons. The molecule has 0 N–H and O–H groups in total. The SMILES string of the molecule is CC(C)(C)c1cccnn1.CC(C)(C)c1ccncn1.CC(C)(C)c1ccnnc1.CC(C)(C)c1cncnc1.CC(C)(C)c1ncccn1.COc1nccc(C(C)(C)C)n1. The summed E-state index contributed by atoms with van der Waals surface area (Å²) < 4.78 is 4.93. The molecular formula is C49H74N12O. The zero-order valence-corrected chi connectivity index (χ0v) is 41.1. The van der Waals surface area contributed by atoms with E-state index in [0.717, 1.165) is 22.9 Å². The molecule has 0 saturated carbocycles. The molecule has 6 aromatic heterocycles. The average molecular weight is 847 g/mol. The molecule has 6 heterocycles. The minimum absolute atomic E-state index is 0.0518. The molecule has 0 saturated heterocycles. The minimum Gasteiger partial charge on any atom is -0.467 e. The fourth-order valence-corrected chi connectivity index (χ4v) is 4.40. The van der Waals surface area contributed by atoms with E-state index in [1.807, 2.05) is 48.8 Å². The average Bonchev–Trinajstić information content (AvgIpc) is 3.22. The normalized spacial score (nSPS) is 11.5. The summed E-state index contributed by atoms with van der Waals surface area (Å²) in [7, 11) is 1.57. The van der Waals surface area contributed by atoms with Gasteiger partial charge in [-0.3, -0.25) is 0 Å². The second kappa shape index (κ2) is 24.7. The van der Waals surface area contributed by atoms with Crippen molar-refractivity contribution in [2.24, 2.45) is 0 Å². The summed E-state index contributed by atoms with van der Waals surface area (Å²) in [6.07, 6.45) is 19.1. The lowest BCUT2D eigenvalue weighted by Crippen LogP contribution is -2.14. The van der Waals surface area contributed by atoms with E-state index >= 15 is 0 Å². The summed E-state index contributed by atoms with van der Waals surface area (Å²) >= 11 is 0. The van der Waals surface area contributed by atoms with Crippen LogP contribution >= 0.6 is 0 Å². The van der Waals surface area contributed by atoms with Crippen molar-refractivity contribution in [2.75, 3.05) is 7.11 Å². The number of nitrogens with zero attached hydrogens (tertiary/aromatic N) is 12. The van der Waals surface area contributed by atoms with Gasteiger partial charge in [0.1, 0.15) is 18.5 Å². The molecule has 0 aliphatic heterocycles. The molecule has 13 heteroatoms. The molecule has 0 atom stereocenters. The first-order valence-corrected chi connectivity index (χ1v) is 20.8. The minimum atomic E-state index is 0.0518. The lowest BCUT2D eigenvalue weighted by Gasteiger charge is -2.17. The molecule has 0 aliphatic carbocycles. The summed E-state index contributed by atoms with van der Waals surface area (Å²) in [4.78, 5) is 32.3. The van der Waals surface area contributed by atoms with Gasteiger partial charge < -0.3 is 4.74 Å². The topological polar surface area (TPSA) is 164 Å². The lowest BCUT2D eigenvalue weighted by molar-refractivity contribution is 0.373. The van der Waals surface area contributed by atoms with Crippen LogP contribution in [0.15, 0.2) is 105 Å². The van der Waals surface area contributed by atoms with Gasteiger partial charge in [0.15, 0.2) is 0 Å². The molecule has 6 aromatic rings. The fourth-order valence-electron chi connectivity index (χ4n) is 4.40. The summed E-state index contributed by atoms with van der Waals surface area (Å²) in [5.41, 5.74) is 6.26. The zero-order chi connectivity index (χ0) is 47.3. The van der Waals surface area contributed by atoms with E-state index in [2.05, 4.69) is 185 Å². The van der Waals surface area contributed by atoms with Crippen molar-refractivity contribution < 1.29 is 4.74 Å². The van der Waals surface area contributed by atoms with Gasteiger partial charge in [0, 0.05) is 76.9 Å². The Balaban J connectivity index is 0.000000372. The lowest BCUT2D eigenvalue weighted by atomic mass is 9.89. The van der Waals surface area contributed by atoms with Gasteiger partial charge in [-0.2, -0.15) is 25.4 Å².